The Kier molecular flexibility index (Phi) is 6.59. The van der Waals surface area contributed by atoms with E-state index in [2.05, 4.69) is 44.3 Å². The molecule has 0 bridgehead atoms. The highest BCUT2D eigenvalue weighted by molar-refractivity contribution is 9.10. The standard InChI is InChI=1S/C19H28BrN3O2/c1-2-22(14-18-7-4-10-25-18)19(24)21-12-15-8-9-23(13-15)17-6-3-5-16(20)11-17/h3,5-6,11,15,18H,2,4,7-10,12-14H2,1H3,(H,21,24). The fourth-order valence-electron chi connectivity index (χ4n) is 3.64. The smallest absolute Gasteiger partial charge is 0.317 e. The van der Waals surface area contributed by atoms with E-state index >= 15 is 0 Å². The second-order valence-electron chi connectivity index (χ2n) is 6.94. The third-order valence-electron chi connectivity index (χ3n) is 5.12. The predicted molar refractivity (Wildman–Crippen MR) is 104 cm³/mol. The molecule has 2 amide bonds. The molecule has 6 heteroatoms. The number of nitrogens with one attached hydrogen (secondary N) is 1. The third kappa shape index (κ3) is 5.11. The molecular weight excluding hydrogens is 382 g/mol. The van der Waals surface area contributed by atoms with E-state index in [1.54, 1.807) is 0 Å². The number of rotatable bonds is 6. The molecule has 2 unspecified atom stereocenters. The fraction of sp³-hybridized carbons (Fsp3) is 0.632. The Hall–Kier alpha value is -1.27. The maximum atomic E-state index is 12.5. The van der Waals surface area contributed by atoms with Gasteiger partial charge in [-0.15, -0.1) is 0 Å². The van der Waals surface area contributed by atoms with Crippen LogP contribution >= 0.6 is 15.9 Å². The van der Waals surface area contributed by atoms with Crippen molar-refractivity contribution in [1.82, 2.24) is 10.2 Å². The Morgan fingerprint density at radius 2 is 2.32 bits per heavy atom. The molecule has 2 atom stereocenters. The van der Waals surface area contributed by atoms with Crippen molar-refractivity contribution >= 4 is 27.6 Å². The number of likely N-dealkylation sites (N-methyl/N-ethyl adjacent to an activating group) is 1. The maximum Gasteiger partial charge on any atom is 0.317 e. The van der Waals surface area contributed by atoms with Crippen molar-refractivity contribution < 1.29 is 9.53 Å². The van der Waals surface area contributed by atoms with Crippen LogP contribution in [0.15, 0.2) is 28.7 Å². The molecule has 0 saturated carbocycles. The zero-order chi connectivity index (χ0) is 17.6. The van der Waals surface area contributed by atoms with E-state index in [-0.39, 0.29) is 12.1 Å². The topological polar surface area (TPSA) is 44.8 Å². The van der Waals surface area contributed by atoms with Gasteiger partial charge in [-0.05, 0) is 50.3 Å². The molecule has 0 aromatic heterocycles. The molecule has 2 heterocycles. The highest BCUT2D eigenvalue weighted by atomic mass is 79.9. The third-order valence-corrected chi connectivity index (χ3v) is 5.61. The number of amides is 2. The van der Waals surface area contributed by atoms with E-state index in [0.717, 1.165) is 56.5 Å². The number of benzene rings is 1. The van der Waals surface area contributed by atoms with Gasteiger partial charge in [0.1, 0.15) is 0 Å². The van der Waals surface area contributed by atoms with E-state index < -0.39 is 0 Å². The number of hydrogen-bond donors (Lipinski definition) is 1. The zero-order valence-electron chi connectivity index (χ0n) is 14.9. The van der Waals surface area contributed by atoms with E-state index in [9.17, 15) is 4.79 Å². The van der Waals surface area contributed by atoms with Crippen molar-refractivity contribution in [3.8, 4) is 0 Å². The Morgan fingerprint density at radius 3 is 3.04 bits per heavy atom. The van der Waals surface area contributed by atoms with Crippen LogP contribution in [0.25, 0.3) is 0 Å². The molecule has 0 radical (unpaired) electrons. The van der Waals surface area contributed by atoms with Crippen LogP contribution in [-0.4, -0.2) is 56.4 Å². The van der Waals surface area contributed by atoms with Crippen molar-refractivity contribution in [2.75, 3.05) is 44.2 Å². The Balaban J connectivity index is 1.44. The number of carbonyl (C=O) groups excluding carboxylic acids is 1. The molecule has 5 nitrogen and oxygen atoms in total. The fourth-order valence-corrected chi connectivity index (χ4v) is 4.03. The molecule has 2 fully saturated rings. The molecule has 2 aliphatic heterocycles. The predicted octanol–water partition coefficient (Wildman–Crippen LogP) is 3.49. The van der Waals surface area contributed by atoms with Crippen LogP contribution in [0.3, 0.4) is 0 Å². The van der Waals surface area contributed by atoms with Gasteiger partial charge in [-0.25, -0.2) is 4.79 Å². The van der Waals surface area contributed by atoms with Gasteiger partial charge in [0.15, 0.2) is 0 Å². The van der Waals surface area contributed by atoms with Crippen LogP contribution < -0.4 is 10.2 Å². The monoisotopic (exact) mass is 409 g/mol. The molecule has 25 heavy (non-hydrogen) atoms. The van der Waals surface area contributed by atoms with Gasteiger partial charge in [0.2, 0.25) is 0 Å². The van der Waals surface area contributed by atoms with Gasteiger partial charge in [-0.1, -0.05) is 22.0 Å². The molecular formula is C19H28BrN3O2. The minimum absolute atomic E-state index is 0.0407. The molecule has 0 aliphatic carbocycles. The first-order valence-electron chi connectivity index (χ1n) is 9.30. The lowest BCUT2D eigenvalue weighted by atomic mass is 10.1. The molecule has 2 saturated heterocycles. The van der Waals surface area contributed by atoms with Crippen LogP contribution in [0.1, 0.15) is 26.2 Å². The Labute approximate surface area is 158 Å². The first-order valence-corrected chi connectivity index (χ1v) is 10.1. The molecule has 0 spiro atoms. The van der Waals surface area contributed by atoms with Crippen LogP contribution in [0.2, 0.25) is 0 Å². The van der Waals surface area contributed by atoms with Gasteiger partial charge >= 0.3 is 6.03 Å². The normalized spacial score (nSPS) is 23.0. The number of hydrogen-bond acceptors (Lipinski definition) is 3. The molecule has 1 aromatic rings. The van der Waals surface area contributed by atoms with Gasteiger partial charge in [-0.2, -0.15) is 0 Å². The quantitative estimate of drug-likeness (QED) is 0.781. The molecule has 138 valence electrons. The number of carbonyl (C=O) groups is 1. The summed E-state index contributed by atoms with van der Waals surface area (Å²) >= 11 is 3.53. The second-order valence-corrected chi connectivity index (χ2v) is 7.86. The summed E-state index contributed by atoms with van der Waals surface area (Å²) in [5.41, 5.74) is 1.25. The zero-order valence-corrected chi connectivity index (χ0v) is 16.5. The lowest BCUT2D eigenvalue weighted by Gasteiger charge is -2.25. The highest BCUT2D eigenvalue weighted by Crippen LogP contribution is 2.26. The number of anilines is 1. The van der Waals surface area contributed by atoms with Crippen LogP contribution in [-0.2, 0) is 4.74 Å². The van der Waals surface area contributed by atoms with Crippen LogP contribution in [0.4, 0.5) is 10.5 Å². The Morgan fingerprint density at radius 1 is 1.44 bits per heavy atom. The van der Waals surface area contributed by atoms with Crippen molar-refractivity contribution in [1.29, 1.82) is 0 Å². The van der Waals surface area contributed by atoms with E-state index in [0.29, 0.717) is 12.5 Å². The average Bonchev–Trinajstić information content (AvgIpc) is 3.29. The lowest BCUT2D eigenvalue weighted by Crippen LogP contribution is -2.45. The SMILES string of the molecule is CCN(CC1CCCO1)C(=O)NCC1CCN(c2cccc(Br)c2)C1. The van der Waals surface area contributed by atoms with Crippen molar-refractivity contribution in [2.24, 2.45) is 5.92 Å². The minimum Gasteiger partial charge on any atom is -0.376 e. The summed E-state index contributed by atoms with van der Waals surface area (Å²) in [6, 6.07) is 8.45. The van der Waals surface area contributed by atoms with Crippen molar-refractivity contribution in [3.63, 3.8) is 0 Å². The summed E-state index contributed by atoms with van der Waals surface area (Å²) in [4.78, 5) is 16.7. The van der Waals surface area contributed by atoms with Gasteiger partial charge < -0.3 is 19.9 Å². The summed E-state index contributed by atoms with van der Waals surface area (Å²) in [5, 5.41) is 3.13. The maximum absolute atomic E-state index is 12.5. The van der Waals surface area contributed by atoms with Gasteiger partial charge in [0, 0.05) is 49.5 Å². The summed E-state index contributed by atoms with van der Waals surface area (Å²) < 4.78 is 6.76. The van der Waals surface area contributed by atoms with Gasteiger partial charge in [0.05, 0.1) is 6.10 Å². The van der Waals surface area contributed by atoms with E-state index in [1.807, 2.05) is 17.9 Å². The van der Waals surface area contributed by atoms with Crippen LogP contribution in [0.5, 0.6) is 0 Å². The second kappa shape index (κ2) is 8.90. The van der Waals surface area contributed by atoms with Crippen LogP contribution in [0, 0.1) is 5.92 Å². The van der Waals surface area contributed by atoms with E-state index in [4.69, 9.17) is 4.74 Å². The number of urea groups is 1. The molecule has 3 rings (SSSR count). The van der Waals surface area contributed by atoms with Gasteiger partial charge in [-0.3, -0.25) is 0 Å². The summed E-state index contributed by atoms with van der Waals surface area (Å²) in [7, 11) is 0. The van der Waals surface area contributed by atoms with Crippen molar-refractivity contribution in [3.05, 3.63) is 28.7 Å². The summed E-state index contributed by atoms with van der Waals surface area (Å²) in [6.45, 7) is 7.07. The number of halogens is 1. The molecule has 2 aliphatic rings. The lowest BCUT2D eigenvalue weighted by molar-refractivity contribution is 0.0825. The van der Waals surface area contributed by atoms with Crippen molar-refractivity contribution in [2.45, 2.75) is 32.3 Å². The number of ether oxygens (including phenoxy) is 1. The largest absolute Gasteiger partial charge is 0.376 e. The number of nitrogens with zero attached hydrogens (tertiary/aromatic N) is 2. The highest BCUT2D eigenvalue weighted by Gasteiger charge is 2.25. The van der Waals surface area contributed by atoms with E-state index in [1.165, 1.54) is 5.69 Å². The molecule has 1 aromatic carbocycles. The summed E-state index contributed by atoms with van der Waals surface area (Å²) in [6.07, 6.45) is 3.50. The molecule has 1 N–H and O–H groups in total. The first-order chi connectivity index (χ1) is 12.2. The van der Waals surface area contributed by atoms with Gasteiger partial charge in [0.25, 0.3) is 0 Å². The minimum atomic E-state index is 0.0407. The summed E-state index contributed by atoms with van der Waals surface area (Å²) in [5.74, 6) is 0.504. The first kappa shape index (κ1) is 18.5. The Bertz CT molecular complexity index is 578. The average molecular weight is 410 g/mol.